The average molecular weight is 286 g/mol. The highest BCUT2D eigenvalue weighted by atomic mass is 32.1. The Morgan fingerprint density at radius 3 is 2.90 bits per heavy atom. The largest absolute Gasteiger partial charge is 0.306 e. The molecule has 0 amide bonds. The van der Waals surface area contributed by atoms with Gasteiger partial charge in [-0.1, -0.05) is 5.21 Å². The summed E-state index contributed by atoms with van der Waals surface area (Å²) in [6.07, 6.45) is 1.82. The van der Waals surface area contributed by atoms with Gasteiger partial charge in [0.15, 0.2) is 0 Å². The fourth-order valence-electron chi connectivity index (χ4n) is 2.04. The Hall–Kier alpha value is -1.72. The third-order valence-corrected chi connectivity index (χ3v) is 4.00. The number of fused-ring (bicyclic) bond motifs is 1. The van der Waals surface area contributed by atoms with Crippen LogP contribution in [-0.4, -0.2) is 20.5 Å². The van der Waals surface area contributed by atoms with E-state index in [-0.39, 0.29) is 5.54 Å². The fourth-order valence-corrected chi connectivity index (χ4v) is 2.81. The van der Waals surface area contributed by atoms with Crippen LogP contribution in [0, 0.1) is 0 Å². The van der Waals surface area contributed by atoms with Gasteiger partial charge in [0.25, 0.3) is 0 Å². The van der Waals surface area contributed by atoms with Crippen molar-refractivity contribution in [2.75, 3.05) is 0 Å². The van der Waals surface area contributed by atoms with Crippen LogP contribution in [0.25, 0.3) is 15.8 Å². The molecule has 0 spiro atoms. The minimum atomic E-state index is 0.0758. The maximum Gasteiger partial charge on any atom is 0.0783 e. The maximum absolute atomic E-state index is 4.21. The second-order valence-corrected chi connectivity index (χ2v) is 6.83. The molecular weight excluding hydrogens is 268 g/mol. The number of hydrogen-bond donors (Lipinski definition) is 1. The Labute approximate surface area is 122 Å². The number of aromatic nitrogens is 3. The lowest BCUT2D eigenvalue weighted by Crippen LogP contribution is -2.35. The van der Waals surface area contributed by atoms with Crippen molar-refractivity contribution in [2.45, 2.75) is 32.9 Å². The van der Waals surface area contributed by atoms with Crippen LogP contribution >= 0.6 is 11.3 Å². The molecular formula is C15H18N4S. The molecule has 4 nitrogen and oxygen atoms in total. The summed E-state index contributed by atoms with van der Waals surface area (Å²) in [6, 6.07) is 8.51. The number of rotatable bonds is 3. The number of nitrogens with zero attached hydrogens (tertiary/aromatic N) is 3. The van der Waals surface area contributed by atoms with Crippen molar-refractivity contribution in [2.24, 2.45) is 0 Å². The molecule has 0 bridgehead atoms. The van der Waals surface area contributed by atoms with Gasteiger partial charge in [-0.25, -0.2) is 4.68 Å². The molecule has 0 fully saturated rings. The van der Waals surface area contributed by atoms with E-state index in [1.807, 2.05) is 10.9 Å². The van der Waals surface area contributed by atoms with Crippen molar-refractivity contribution >= 4 is 21.4 Å². The van der Waals surface area contributed by atoms with Crippen LogP contribution < -0.4 is 5.32 Å². The van der Waals surface area contributed by atoms with Gasteiger partial charge in [0, 0.05) is 16.8 Å². The maximum atomic E-state index is 4.21. The summed E-state index contributed by atoms with van der Waals surface area (Å²) in [7, 11) is 0. The molecule has 0 aliphatic rings. The Balaban J connectivity index is 1.92. The predicted octanol–water partition coefficient (Wildman–Crippen LogP) is 3.37. The van der Waals surface area contributed by atoms with Crippen LogP contribution in [0.1, 0.15) is 26.5 Å². The highest BCUT2D eigenvalue weighted by Gasteiger charge is 2.12. The second-order valence-electron chi connectivity index (χ2n) is 5.88. The smallest absolute Gasteiger partial charge is 0.0783 e. The Morgan fingerprint density at radius 1 is 1.25 bits per heavy atom. The van der Waals surface area contributed by atoms with Crippen molar-refractivity contribution in [3.05, 3.63) is 41.5 Å². The first-order valence-electron chi connectivity index (χ1n) is 6.65. The molecule has 2 heterocycles. The SMILES string of the molecule is CC(C)(C)NCc1cnnn1-c1ccc2sccc2c1. The molecule has 0 saturated heterocycles. The molecule has 0 atom stereocenters. The lowest BCUT2D eigenvalue weighted by atomic mass is 10.1. The van der Waals surface area contributed by atoms with E-state index in [1.54, 1.807) is 11.3 Å². The van der Waals surface area contributed by atoms with Crippen LogP contribution in [0.3, 0.4) is 0 Å². The normalized spacial score (nSPS) is 12.2. The summed E-state index contributed by atoms with van der Waals surface area (Å²) in [5, 5.41) is 15.1. The molecule has 3 aromatic rings. The fraction of sp³-hybridized carbons (Fsp3) is 0.333. The van der Waals surface area contributed by atoms with E-state index >= 15 is 0 Å². The van der Waals surface area contributed by atoms with Crippen molar-refractivity contribution in [1.82, 2.24) is 20.3 Å². The van der Waals surface area contributed by atoms with Gasteiger partial charge in [0.1, 0.15) is 0 Å². The highest BCUT2D eigenvalue weighted by Crippen LogP contribution is 2.23. The van der Waals surface area contributed by atoms with Crippen molar-refractivity contribution < 1.29 is 0 Å². The summed E-state index contributed by atoms with van der Waals surface area (Å²) in [4.78, 5) is 0. The number of hydrogen-bond acceptors (Lipinski definition) is 4. The van der Waals surface area contributed by atoms with Crippen LogP contribution in [0.4, 0.5) is 0 Å². The third-order valence-electron chi connectivity index (χ3n) is 3.10. The number of thiophene rings is 1. The Morgan fingerprint density at radius 2 is 2.10 bits per heavy atom. The van der Waals surface area contributed by atoms with Gasteiger partial charge in [0.2, 0.25) is 0 Å². The summed E-state index contributed by atoms with van der Waals surface area (Å²) < 4.78 is 3.19. The molecule has 0 radical (unpaired) electrons. The van der Waals surface area contributed by atoms with Crippen LogP contribution in [-0.2, 0) is 6.54 Å². The standard InChI is InChI=1S/C15H18N4S/c1-15(2,3)16-9-13-10-17-18-19(13)12-4-5-14-11(8-12)6-7-20-14/h4-8,10,16H,9H2,1-3H3. The lowest BCUT2D eigenvalue weighted by Gasteiger charge is -2.20. The van der Waals surface area contributed by atoms with E-state index in [0.717, 1.165) is 17.9 Å². The van der Waals surface area contributed by atoms with Crippen molar-refractivity contribution in [1.29, 1.82) is 0 Å². The predicted molar refractivity (Wildman–Crippen MR) is 83.3 cm³/mol. The van der Waals surface area contributed by atoms with Gasteiger partial charge in [-0.3, -0.25) is 0 Å². The van der Waals surface area contributed by atoms with E-state index in [2.05, 4.69) is 66.0 Å². The first-order chi connectivity index (χ1) is 9.53. The molecule has 1 aromatic carbocycles. The zero-order valence-corrected chi connectivity index (χ0v) is 12.7. The van der Waals surface area contributed by atoms with E-state index < -0.39 is 0 Å². The van der Waals surface area contributed by atoms with Gasteiger partial charge in [-0.2, -0.15) is 0 Å². The van der Waals surface area contributed by atoms with Crippen molar-refractivity contribution in [3.63, 3.8) is 0 Å². The van der Waals surface area contributed by atoms with E-state index in [0.29, 0.717) is 0 Å². The minimum Gasteiger partial charge on any atom is -0.306 e. The van der Waals surface area contributed by atoms with Crippen LogP contribution in [0.5, 0.6) is 0 Å². The van der Waals surface area contributed by atoms with E-state index in [4.69, 9.17) is 0 Å². The third kappa shape index (κ3) is 2.73. The monoisotopic (exact) mass is 286 g/mol. The van der Waals surface area contributed by atoms with Crippen LogP contribution in [0.15, 0.2) is 35.8 Å². The summed E-state index contributed by atoms with van der Waals surface area (Å²) in [6.45, 7) is 7.20. The topological polar surface area (TPSA) is 42.7 Å². The molecule has 1 N–H and O–H groups in total. The molecule has 104 valence electrons. The van der Waals surface area contributed by atoms with E-state index in [9.17, 15) is 0 Å². The highest BCUT2D eigenvalue weighted by molar-refractivity contribution is 7.17. The summed E-state index contributed by atoms with van der Waals surface area (Å²) in [5.74, 6) is 0. The molecule has 0 aliphatic heterocycles. The van der Waals surface area contributed by atoms with Crippen molar-refractivity contribution in [3.8, 4) is 5.69 Å². The molecule has 2 aromatic heterocycles. The minimum absolute atomic E-state index is 0.0758. The van der Waals surface area contributed by atoms with E-state index in [1.165, 1.54) is 10.1 Å². The van der Waals surface area contributed by atoms with Gasteiger partial charge < -0.3 is 5.32 Å². The summed E-state index contributed by atoms with van der Waals surface area (Å²) >= 11 is 1.75. The zero-order chi connectivity index (χ0) is 14.2. The first-order valence-corrected chi connectivity index (χ1v) is 7.53. The Bertz CT molecular complexity index is 721. The lowest BCUT2D eigenvalue weighted by molar-refractivity contribution is 0.418. The molecule has 0 saturated carbocycles. The molecule has 5 heteroatoms. The quantitative estimate of drug-likeness (QED) is 0.802. The van der Waals surface area contributed by atoms with Gasteiger partial charge in [-0.05, 0) is 55.8 Å². The molecule has 3 rings (SSSR count). The molecule has 0 aliphatic carbocycles. The van der Waals surface area contributed by atoms with Gasteiger partial charge in [-0.15, -0.1) is 16.4 Å². The zero-order valence-electron chi connectivity index (χ0n) is 11.9. The molecule has 0 unspecified atom stereocenters. The van der Waals surface area contributed by atoms with Crippen LogP contribution in [0.2, 0.25) is 0 Å². The average Bonchev–Trinajstić information content (AvgIpc) is 3.03. The summed E-state index contributed by atoms with van der Waals surface area (Å²) in [5.41, 5.74) is 2.19. The second kappa shape index (κ2) is 5.00. The Kier molecular flexibility index (Phi) is 3.31. The number of benzene rings is 1. The van der Waals surface area contributed by atoms with Gasteiger partial charge >= 0.3 is 0 Å². The number of nitrogens with one attached hydrogen (secondary N) is 1. The molecule has 20 heavy (non-hydrogen) atoms. The first kappa shape index (κ1) is 13.3. The van der Waals surface area contributed by atoms with Gasteiger partial charge in [0.05, 0.1) is 17.6 Å².